The molecule has 5 nitrogen and oxygen atoms in total. The van der Waals surface area contributed by atoms with Crippen molar-refractivity contribution in [2.75, 3.05) is 44.2 Å². The molecule has 1 amide bonds. The van der Waals surface area contributed by atoms with E-state index in [1.807, 2.05) is 42.5 Å². The van der Waals surface area contributed by atoms with Gasteiger partial charge in [0.05, 0.1) is 0 Å². The maximum atomic E-state index is 12.2. The molecule has 1 saturated heterocycles. The Kier molecular flexibility index (Phi) is 7.62. The van der Waals surface area contributed by atoms with Crippen LogP contribution in [0.3, 0.4) is 0 Å². The zero-order valence-electron chi connectivity index (χ0n) is 18.9. The van der Waals surface area contributed by atoms with Gasteiger partial charge in [0.25, 0.3) is 0 Å². The lowest BCUT2D eigenvalue weighted by Gasteiger charge is -2.36. The van der Waals surface area contributed by atoms with Crippen molar-refractivity contribution in [2.24, 2.45) is 0 Å². The predicted octanol–water partition coefficient (Wildman–Crippen LogP) is 4.52. The Morgan fingerprint density at radius 3 is 2.56 bits per heavy atom. The molecule has 1 fully saturated rings. The number of hydrogen-bond acceptors (Lipinski definition) is 4. The Morgan fingerprint density at radius 1 is 0.969 bits per heavy atom. The molecule has 1 aliphatic rings. The summed E-state index contributed by atoms with van der Waals surface area (Å²) in [5.41, 5.74) is 3.69. The molecule has 2 heterocycles. The van der Waals surface area contributed by atoms with E-state index in [9.17, 15) is 4.79 Å². The molecule has 0 saturated carbocycles. The number of piperazine rings is 1. The Hall–Kier alpha value is -3.05. The van der Waals surface area contributed by atoms with Crippen molar-refractivity contribution >= 4 is 11.6 Å². The van der Waals surface area contributed by atoms with Crippen LogP contribution in [-0.2, 0) is 11.2 Å². The van der Waals surface area contributed by atoms with Crippen LogP contribution in [0.5, 0.6) is 0 Å². The van der Waals surface area contributed by atoms with Crippen molar-refractivity contribution in [3.63, 3.8) is 0 Å². The standard InChI is InChI=1S/C27H33N3O2/c1-22-7-5-10-24(21-22)30-19-17-29(18-20-30)16-6-15-28-27(31)14-12-25-11-13-26(32-25)23-8-3-2-4-9-23/h2-5,7-11,13,21H,6,12,14-20H2,1H3,(H,28,31). The molecule has 0 atom stereocenters. The van der Waals surface area contributed by atoms with E-state index < -0.39 is 0 Å². The summed E-state index contributed by atoms with van der Waals surface area (Å²) in [6.45, 7) is 8.16. The lowest BCUT2D eigenvalue weighted by atomic mass is 10.2. The van der Waals surface area contributed by atoms with Crippen LogP contribution in [0, 0.1) is 6.92 Å². The molecule has 0 bridgehead atoms. The molecule has 0 spiro atoms. The monoisotopic (exact) mass is 431 g/mol. The van der Waals surface area contributed by atoms with E-state index in [1.165, 1.54) is 11.3 Å². The minimum absolute atomic E-state index is 0.0897. The number of rotatable bonds is 9. The number of aryl methyl sites for hydroxylation is 2. The van der Waals surface area contributed by atoms with Gasteiger partial charge in [-0.1, -0.05) is 42.5 Å². The molecule has 32 heavy (non-hydrogen) atoms. The molecular weight excluding hydrogens is 398 g/mol. The average Bonchev–Trinajstić information content (AvgIpc) is 3.31. The van der Waals surface area contributed by atoms with Gasteiger partial charge in [-0.2, -0.15) is 0 Å². The second-order valence-electron chi connectivity index (χ2n) is 8.50. The Bertz CT molecular complexity index is 991. The lowest BCUT2D eigenvalue weighted by Crippen LogP contribution is -2.47. The average molecular weight is 432 g/mol. The van der Waals surface area contributed by atoms with Crippen LogP contribution in [0.1, 0.15) is 24.2 Å². The molecule has 3 aromatic rings. The summed E-state index contributed by atoms with van der Waals surface area (Å²) in [6, 6.07) is 22.7. The van der Waals surface area contributed by atoms with Gasteiger partial charge in [0.15, 0.2) is 0 Å². The number of carbonyl (C=O) groups is 1. The summed E-state index contributed by atoms with van der Waals surface area (Å²) in [5.74, 6) is 1.79. The van der Waals surface area contributed by atoms with Gasteiger partial charge in [-0.25, -0.2) is 0 Å². The van der Waals surface area contributed by atoms with Gasteiger partial charge < -0.3 is 14.6 Å². The van der Waals surface area contributed by atoms with Crippen molar-refractivity contribution in [3.05, 3.63) is 78.1 Å². The fraction of sp³-hybridized carbons (Fsp3) is 0.370. The topological polar surface area (TPSA) is 48.7 Å². The first-order valence-corrected chi connectivity index (χ1v) is 11.6. The van der Waals surface area contributed by atoms with Crippen molar-refractivity contribution in [3.8, 4) is 11.3 Å². The zero-order chi connectivity index (χ0) is 22.2. The van der Waals surface area contributed by atoms with E-state index in [1.54, 1.807) is 0 Å². The normalized spacial score (nSPS) is 14.5. The largest absolute Gasteiger partial charge is 0.461 e. The van der Waals surface area contributed by atoms with Crippen LogP contribution >= 0.6 is 0 Å². The maximum Gasteiger partial charge on any atom is 0.220 e. The first kappa shape index (κ1) is 22.2. The number of anilines is 1. The Labute approximate surface area is 191 Å². The second-order valence-corrected chi connectivity index (χ2v) is 8.50. The van der Waals surface area contributed by atoms with Crippen molar-refractivity contribution in [1.29, 1.82) is 0 Å². The van der Waals surface area contributed by atoms with Crippen molar-refractivity contribution in [1.82, 2.24) is 10.2 Å². The smallest absolute Gasteiger partial charge is 0.220 e. The Balaban J connectivity index is 1.10. The summed E-state index contributed by atoms with van der Waals surface area (Å²) in [5, 5.41) is 3.05. The van der Waals surface area contributed by atoms with Crippen LogP contribution in [0.15, 0.2) is 71.1 Å². The van der Waals surface area contributed by atoms with Crippen LogP contribution in [0.2, 0.25) is 0 Å². The first-order chi connectivity index (χ1) is 15.7. The number of nitrogens with zero attached hydrogens (tertiary/aromatic N) is 2. The van der Waals surface area contributed by atoms with Crippen LogP contribution in [0.4, 0.5) is 5.69 Å². The van der Waals surface area contributed by atoms with Gasteiger partial charge in [-0.05, 0) is 49.7 Å². The van der Waals surface area contributed by atoms with E-state index in [4.69, 9.17) is 4.42 Å². The number of nitrogens with one attached hydrogen (secondary N) is 1. The molecular formula is C27H33N3O2. The highest BCUT2D eigenvalue weighted by Crippen LogP contribution is 2.22. The third kappa shape index (κ3) is 6.24. The van der Waals surface area contributed by atoms with Gasteiger partial charge >= 0.3 is 0 Å². The zero-order valence-corrected chi connectivity index (χ0v) is 18.9. The summed E-state index contributed by atoms with van der Waals surface area (Å²) in [4.78, 5) is 17.2. The number of benzene rings is 2. The second kappa shape index (κ2) is 11.0. The lowest BCUT2D eigenvalue weighted by molar-refractivity contribution is -0.121. The summed E-state index contributed by atoms with van der Waals surface area (Å²) in [7, 11) is 0. The van der Waals surface area contributed by atoms with Crippen LogP contribution < -0.4 is 10.2 Å². The summed E-state index contributed by atoms with van der Waals surface area (Å²) >= 11 is 0. The molecule has 4 rings (SSSR count). The van der Waals surface area contributed by atoms with Gasteiger partial charge in [0.2, 0.25) is 5.91 Å². The molecule has 1 aromatic heterocycles. The molecule has 1 aliphatic heterocycles. The van der Waals surface area contributed by atoms with Crippen molar-refractivity contribution < 1.29 is 9.21 Å². The van der Waals surface area contributed by atoms with Gasteiger partial charge in [-0.3, -0.25) is 9.69 Å². The quantitative estimate of drug-likeness (QED) is 0.506. The molecule has 0 aliphatic carbocycles. The minimum Gasteiger partial charge on any atom is -0.461 e. The third-order valence-electron chi connectivity index (χ3n) is 6.03. The first-order valence-electron chi connectivity index (χ1n) is 11.6. The number of hydrogen-bond donors (Lipinski definition) is 1. The molecule has 5 heteroatoms. The number of amides is 1. The minimum atomic E-state index is 0.0897. The van der Waals surface area contributed by atoms with E-state index in [0.717, 1.165) is 62.8 Å². The highest BCUT2D eigenvalue weighted by Gasteiger charge is 2.17. The fourth-order valence-corrected chi connectivity index (χ4v) is 4.18. The van der Waals surface area contributed by atoms with Crippen molar-refractivity contribution in [2.45, 2.75) is 26.2 Å². The van der Waals surface area contributed by atoms with E-state index in [-0.39, 0.29) is 5.91 Å². The number of furan rings is 1. The molecule has 0 unspecified atom stereocenters. The van der Waals surface area contributed by atoms with E-state index >= 15 is 0 Å². The fourth-order valence-electron chi connectivity index (χ4n) is 4.18. The summed E-state index contributed by atoms with van der Waals surface area (Å²) in [6.07, 6.45) is 2.06. The Morgan fingerprint density at radius 2 is 1.78 bits per heavy atom. The SMILES string of the molecule is Cc1cccc(N2CCN(CCCNC(=O)CCc3ccc(-c4ccccc4)o3)CC2)c1. The van der Waals surface area contributed by atoms with Gasteiger partial charge in [0.1, 0.15) is 11.5 Å². The predicted molar refractivity (Wildman–Crippen MR) is 130 cm³/mol. The van der Waals surface area contributed by atoms with Gasteiger partial charge in [0, 0.05) is 56.8 Å². The van der Waals surface area contributed by atoms with Gasteiger partial charge in [-0.15, -0.1) is 0 Å². The third-order valence-corrected chi connectivity index (χ3v) is 6.03. The molecule has 2 aromatic carbocycles. The number of carbonyl (C=O) groups excluding carboxylic acids is 1. The molecule has 0 radical (unpaired) electrons. The van der Waals surface area contributed by atoms with E-state index in [2.05, 4.69) is 46.3 Å². The van der Waals surface area contributed by atoms with Crippen LogP contribution in [0.25, 0.3) is 11.3 Å². The van der Waals surface area contributed by atoms with Crippen LogP contribution in [-0.4, -0.2) is 50.1 Å². The highest BCUT2D eigenvalue weighted by molar-refractivity contribution is 5.76. The van der Waals surface area contributed by atoms with E-state index in [0.29, 0.717) is 12.8 Å². The maximum absolute atomic E-state index is 12.2. The molecule has 168 valence electrons. The highest BCUT2D eigenvalue weighted by atomic mass is 16.3. The molecule has 1 N–H and O–H groups in total. The summed E-state index contributed by atoms with van der Waals surface area (Å²) < 4.78 is 5.88.